The summed E-state index contributed by atoms with van der Waals surface area (Å²) in [7, 11) is 0. The Labute approximate surface area is 86.2 Å². The van der Waals surface area contributed by atoms with Gasteiger partial charge in [-0.1, -0.05) is 18.2 Å². The van der Waals surface area contributed by atoms with Gasteiger partial charge in [0.15, 0.2) is 6.17 Å². The Morgan fingerprint density at radius 1 is 1.47 bits per heavy atom. The number of fused-ring (bicyclic) bond motifs is 1. The molecule has 0 amide bonds. The molecule has 0 aliphatic carbocycles. The zero-order valence-electron chi connectivity index (χ0n) is 7.95. The van der Waals surface area contributed by atoms with E-state index in [1.165, 1.54) is 0 Å². The van der Waals surface area contributed by atoms with Crippen LogP contribution < -0.4 is 5.32 Å². The summed E-state index contributed by atoms with van der Waals surface area (Å²) in [6, 6.07) is 6.88. The van der Waals surface area contributed by atoms with E-state index in [9.17, 15) is 13.9 Å². The third-order valence-corrected chi connectivity index (χ3v) is 2.64. The van der Waals surface area contributed by atoms with Crippen molar-refractivity contribution in [1.29, 1.82) is 0 Å². The van der Waals surface area contributed by atoms with Gasteiger partial charge in [0.1, 0.15) is 5.60 Å². The van der Waals surface area contributed by atoms with Gasteiger partial charge >= 0.3 is 0 Å². The van der Waals surface area contributed by atoms with Gasteiger partial charge in [-0.25, -0.2) is 8.78 Å². The van der Waals surface area contributed by atoms with Gasteiger partial charge in [0, 0.05) is 11.3 Å². The van der Waals surface area contributed by atoms with Crippen molar-refractivity contribution in [2.75, 3.05) is 11.9 Å². The Morgan fingerprint density at radius 2 is 2.20 bits per heavy atom. The van der Waals surface area contributed by atoms with Crippen molar-refractivity contribution in [3.63, 3.8) is 0 Å². The molecule has 0 saturated carbocycles. The number of alkyl halides is 1. The van der Waals surface area contributed by atoms with E-state index in [-0.39, 0.29) is 12.9 Å². The lowest BCUT2D eigenvalue weighted by atomic mass is 9.91. The van der Waals surface area contributed by atoms with Crippen molar-refractivity contribution in [1.82, 2.24) is 0 Å². The van der Waals surface area contributed by atoms with Gasteiger partial charge in [-0.3, -0.25) is 0 Å². The molecule has 1 aliphatic heterocycles. The average Bonchev–Trinajstić information content (AvgIpc) is 2.59. The number of anilines is 1. The molecule has 80 valence electrons. The van der Waals surface area contributed by atoms with Crippen LogP contribution in [0.25, 0.3) is 0 Å². The summed E-state index contributed by atoms with van der Waals surface area (Å²) in [6.07, 6.45) is -0.925. The number of benzene rings is 1. The number of rotatable bonds is 2. The van der Waals surface area contributed by atoms with Crippen molar-refractivity contribution < 1.29 is 13.9 Å². The molecule has 0 aromatic heterocycles. The predicted molar refractivity (Wildman–Crippen MR) is 54.0 cm³/mol. The lowest BCUT2D eigenvalue weighted by molar-refractivity contribution is -0.00275. The van der Waals surface area contributed by atoms with Crippen LogP contribution in [-0.4, -0.2) is 17.8 Å². The first-order valence-corrected chi connectivity index (χ1v) is 4.65. The Kier molecular flexibility index (Phi) is 2.44. The van der Waals surface area contributed by atoms with Crippen molar-refractivity contribution in [2.24, 2.45) is 0 Å². The van der Waals surface area contributed by atoms with Gasteiger partial charge in [-0.2, -0.15) is 0 Å². The van der Waals surface area contributed by atoms with Gasteiger partial charge < -0.3 is 10.4 Å². The van der Waals surface area contributed by atoms with Crippen LogP contribution in [0.3, 0.4) is 0 Å². The third kappa shape index (κ3) is 1.51. The van der Waals surface area contributed by atoms with Gasteiger partial charge in [0.2, 0.25) is 0 Å². The first-order chi connectivity index (χ1) is 7.18. The number of hydrogen-bond donors (Lipinski definition) is 2. The monoisotopic (exact) mass is 211 g/mol. The maximum atomic E-state index is 13.6. The van der Waals surface area contributed by atoms with E-state index in [1.54, 1.807) is 24.3 Å². The third-order valence-electron chi connectivity index (χ3n) is 2.64. The second kappa shape index (κ2) is 3.62. The van der Waals surface area contributed by atoms with E-state index >= 15 is 0 Å². The van der Waals surface area contributed by atoms with E-state index in [4.69, 9.17) is 0 Å². The zero-order valence-corrected chi connectivity index (χ0v) is 7.95. The number of hydrogen-bond acceptors (Lipinski definition) is 2. The van der Waals surface area contributed by atoms with Gasteiger partial charge in [-0.15, -0.1) is 0 Å². The Balaban J connectivity index is 2.40. The number of nitrogens with one attached hydrogen (secondary N) is 1. The van der Waals surface area contributed by atoms with E-state index in [0.717, 1.165) is 0 Å². The summed E-state index contributed by atoms with van der Waals surface area (Å²) in [6.45, 7) is 0.0534. The fourth-order valence-electron chi connectivity index (χ4n) is 1.81. The van der Waals surface area contributed by atoms with Crippen LogP contribution >= 0.6 is 0 Å². The molecule has 2 nitrogen and oxygen atoms in total. The maximum Gasteiger partial charge on any atom is 0.155 e. The minimum atomic E-state index is -1.75. The van der Waals surface area contributed by atoms with Crippen LogP contribution in [0.1, 0.15) is 5.56 Å². The van der Waals surface area contributed by atoms with Crippen LogP contribution in [0.15, 0.2) is 36.7 Å². The Morgan fingerprint density at radius 3 is 2.93 bits per heavy atom. The van der Waals surface area contributed by atoms with E-state index in [2.05, 4.69) is 5.32 Å². The topological polar surface area (TPSA) is 32.3 Å². The molecule has 0 fully saturated rings. The minimum Gasteiger partial charge on any atom is -0.381 e. The zero-order chi connectivity index (χ0) is 10.9. The molecule has 4 heteroatoms. The molecule has 1 heterocycles. The minimum absolute atomic E-state index is 0.0534. The Bertz CT molecular complexity index is 394. The van der Waals surface area contributed by atoms with E-state index < -0.39 is 11.8 Å². The molecule has 2 atom stereocenters. The van der Waals surface area contributed by atoms with Crippen LogP contribution in [0.4, 0.5) is 14.5 Å². The molecule has 1 aromatic carbocycles. The van der Waals surface area contributed by atoms with Crippen LogP contribution in [0, 0.1) is 0 Å². The second-order valence-corrected chi connectivity index (χ2v) is 3.54. The highest BCUT2D eigenvalue weighted by Gasteiger charge is 2.43. The number of para-hydroxylation sites is 1. The predicted octanol–water partition coefficient (Wildman–Crippen LogP) is 2.12. The SMILES string of the molecule is OC1(C(F)C=CF)CNc2ccccc21. The Hall–Kier alpha value is -1.42. The highest BCUT2D eigenvalue weighted by molar-refractivity contribution is 5.59. The molecule has 2 N–H and O–H groups in total. The maximum absolute atomic E-state index is 13.6. The lowest BCUT2D eigenvalue weighted by Crippen LogP contribution is -2.37. The molecule has 1 aliphatic rings. The summed E-state index contributed by atoms with van der Waals surface area (Å²) < 4.78 is 25.4. The highest BCUT2D eigenvalue weighted by Crippen LogP contribution is 2.38. The van der Waals surface area contributed by atoms with Crippen LogP contribution in [-0.2, 0) is 5.60 Å². The fourth-order valence-corrected chi connectivity index (χ4v) is 1.81. The molecule has 0 bridgehead atoms. The molecule has 0 saturated heterocycles. The molecule has 2 rings (SSSR count). The van der Waals surface area contributed by atoms with E-state index in [1.807, 2.05) is 0 Å². The van der Waals surface area contributed by atoms with Gasteiger partial charge in [-0.05, 0) is 12.1 Å². The van der Waals surface area contributed by atoms with Crippen molar-refractivity contribution >= 4 is 5.69 Å². The first kappa shape index (κ1) is 10.1. The summed E-state index contributed by atoms with van der Waals surface area (Å²) in [5.41, 5.74) is -0.510. The highest BCUT2D eigenvalue weighted by atomic mass is 19.1. The smallest absolute Gasteiger partial charge is 0.155 e. The summed E-state index contributed by atoms with van der Waals surface area (Å²) in [4.78, 5) is 0. The molecule has 2 unspecified atom stereocenters. The molecule has 0 spiro atoms. The first-order valence-electron chi connectivity index (χ1n) is 4.65. The van der Waals surface area contributed by atoms with Crippen LogP contribution in [0.5, 0.6) is 0 Å². The fraction of sp³-hybridized carbons (Fsp3) is 0.273. The summed E-state index contributed by atoms with van der Waals surface area (Å²) >= 11 is 0. The quantitative estimate of drug-likeness (QED) is 0.785. The number of aliphatic hydroxyl groups is 1. The number of β-amino-alcohol motifs (C(OH)–C–C–N with tert-alkyl or cyclic N) is 1. The molecular formula is C11H11F2NO. The van der Waals surface area contributed by atoms with E-state index in [0.29, 0.717) is 17.3 Å². The van der Waals surface area contributed by atoms with Gasteiger partial charge in [0.25, 0.3) is 0 Å². The average molecular weight is 211 g/mol. The standard InChI is InChI=1S/C11H11F2NO/c12-6-5-10(13)11(15)7-14-9-4-2-1-3-8(9)11/h1-6,10,14-15H,7H2. The van der Waals surface area contributed by atoms with Crippen molar-refractivity contribution in [3.8, 4) is 0 Å². The molecule has 15 heavy (non-hydrogen) atoms. The lowest BCUT2D eigenvalue weighted by Gasteiger charge is -2.24. The summed E-state index contributed by atoms with van der Waals surface area (Å²) in [5, 5.41) is 13.0. The van der Waals surface area contributed by atoms with Crippen molar-refractivity contribution in [3.05, 3.63) is 42.2 Å². The van der Waals surface area contributed by atoms with Crippen LogP contribution in [0.2, 0.25) is 0 Å². The molecule has 1 aromatic rings. The summed E-state index contributed by atoms with van der Waals surface area (Å²) in [5.74, 6) is 0. The number of halogens is 2. The second-order valence-electron chi connectivity index (χ2n) is 3.54. The molecular weight excluding hydrogens is 200 g/mol. The van der Waals surface area contributed by atoms with Crippen molar-refractivity contribution in [2.45, 2.75) is 11.8 Å². The van der Waals surface area contributed by atoms with Gasteiger partial charge in [0.05, 0.1) is 12.9 Å². The largest absolute Gasteiger partial charge is 0.381 e. The normalized spacial score (nSPS) is 26.3. The molecule has 0 radical (unpaired) electrons.